The molecule has 160 valence electrons. The summed E-state index contributed by atoms with van der Waals surface area (Å²) in [4.78, 5) is 25.1. The highest BCUT2D eigenvalue weighted by molar-refractivity contribution is 6.01. The third-order valence-electron chi connectivity index (χ3n) is 9.11. The molecule has 4 heteroatoms. The van der Waals surface area contributed by atoms with Crippen molar-refractivity contribution < 1.29 is 19.4 Å². The summed E-state index contributed by atoms with van der Waals surface area (Å²) in [5, 5.41) is 11.8. The van der Waals surface area contributed by atoms with Crippen molar-refractivity contribution in [3.8, 4) is 0 Å². The monoisotopic (exact) mass is 400 g/mol. The second kappa shape index (κ2) is 6.88. The van der Waals surface area contributed by atoms with Crippen LogP contribution in [0.5, 0.6) is 0 Å². The summed E-state index contributed by atoms with van der Waals surface area (Å²) in [5.74, 6) is 1.18. The topological polar surface area (TPSA) is 63.6 Å². The Labute approximate surface area is 174 Å². The maximum absolute atomic E-state index is 13.2. The van der Waals surface area contributed by atoms with Crippen molar-refractivity contribution >= 4 is 11.6 Å². The Hall–Kier alpha value is -1.26. The summed E-state index contributed by atoms with van der Waals surface area (Å²) in [6.45, 7) is 10.3. The summed E-state index contributed by atoms with van der Waals surface area (Å²) in [7, 11) is 0. The molecule has 0 saturated heterocycles. The largest absolute Gasteiger partial charge is 0.381 e. The zero-order valence-corrected chi connectivity index (χ0v) is 18.5. The van der Waals surface area contributed by atoms with E-state index in [1.807, 2.05) is 26.8 Å². The van der Waals surface area contributed by atoms with Crippen LogP contribution < -0.4 is 0 Å². The molecule has 4 aliphatic carbocycles. The molecule has 1 N–H and O–H groups in total. The molecule has 0 aliphatic heterocycles. The van der Waals surface area contributed by atoms with Gasteiger partial charge < -0.3 is 9.84 Å². The van der Waals surface area contributed by atoms with Gasteiger partial charge in [0.15, 0.2) is 11.6 Å². The molecule has 0 spiro atoms. The van der Waals surface area contributed by atoms with E-state index in [-0.39, 0.29) is 35.6 Å². The third kappa shape index (κ3) is 2.85. The van der Waals surface area contributed by atoms with E-state index < -0.39 is 11.0 Å². The Morgan fingerprint density at radius 1 is 1.28 bits per heavy atom. The first-order valence-electron chi connectivity index (χ1n) is 11.4. The average molecular weight is 401 g/mol. The lowest BCUT2D eigenvalue weighted by atomic mass is 9.47. The van der Waals surface area contributed by atoms with Crippen LogP contribution in [-0.2, 0) is 14.3 Å². The molecule has 0 amide bonds. The number of ether oxygens (including phenoxy) is 1. The Morgan fingerprint density at radius 2 is 2.00 bits per heavy atom. The normalized spacial score (nSPS) is 46.2. The molecular weight excluding hydrogens is 364 g/mol. The maximum Gasteiger partial charge on any atom is 0.190 e. The molecule has 0 unspecified atom stereocenters. The predicted octanol–water partition coefficient (Wildman–Crippen LogP) is 4.27. The standard InChI is InChI=1S/C25H36O4/c1-15(2)29-14-22(27)25(28)16(3)12-21-19-7-6-17-13-18(26)8-10-23(17,4)20(19)9-11-24(21,25)5/h8,10,13,15-16,19-21,28H,6-7,9,11-12,14H2,1-5H3/t16-,19-,20+,21+,23+,24+,25+/m1/s1. The first-order chi connectivity index (χ1) is 13.5. The zero-order valence-electron chi connectivity index (χ0n) is 18.5. The van der Waals surface area contributed by atoms with Gasteiger partial charge in [0, 0.05) is 10.8 Å². The molecule has 0 heterocycles. The van der Waals surface area contributed by atoms with Crippen molar-refractivity contribution in [3.63, 3.8) is 0 Å². The van der Waals surface area contributed by atoms with Crippen molar-refractivity contribution in [1.29, 1.82) is 0 Å². The maximum atomic E-state index is 13.2. The SMILES string of the molecule is CC(C)OCC(=O)[C@@]1(O)[C@H](C)C[C@H]2[C@@H]3CCC4=CC(=O)C=C[C@]4(C)[C@H]3CC[C@@]21C. The number of hydrogen-bond donors (Lipinski definition) is 1. The van der Waals surface area contributed by atoms with E-state index in [0.717, 1.165) is 32.1 Å². The van der Waals surface area contributed by atoms with E-state index in [0.29, 0.717) is 17.8 Å². The van der Waals surface area contributed by atoms with Gasteiger partial charge in [-0.3, -0.25) is 9.59 Å². The lowest BCUT2D eigenvalue weighted by Gasteiger charge is -2.58. The van der Waals surface area contributed by atoms with Crippen molar-refractivity contribution in [3.05, 3.63) is 23.8 Å². The van der Waals surface area contributed by atoms with Crippen LogP contribution in [0.3, 0.4) is 0 Å². The molecule has 0 aromatic rings. The van der Waals surface area contributed by atoms with Crippen LogP contribution in [0.25, 0.3) is 0 Å². The molecule has 0 bridgehead atoms. The lowest BCUT2D eigenvalue weighted by molar-refractivity contribution is -0.172. The van der Waals surface area contributed by atoms with Gasteiger partial charge in [0.05, 0.1) is 6.10 Å². The van der Waals surface area contributed by atoms with Crippen LogP contribution in [0.15, 0.2) is 23.8 Å². The number of rotatable bonds is 4. The van der Waals surface area contributed by atoms with Gasteiger partial charge in [-0.2, -0.15) is 0 Å². The molecule has 0 aromatic heterocycles. The summed E-state index contributed by atoms with van der Waals surface area (Å²) < 4.78 is 5.60. The molecule has 29 heavy (non-hydrogen) atoms. The van der Waals surface area contributed by atoms with Gasteiger partial charge in [-0.25, -0.2) is 0 Å². The zero-order chi connectivity index (χ0) is 21.2. The van der Waals surface area contributed by atoms with Crippen molar-refractivity contribution in [2.75, 3.05) is 6.61 Å². The molecule has 7 atom stereocenters. The summed E-state index contributed by atoms with van der Waals surface area (Å²) in [5.41, 5.74) is -0.506. The third-order valence-corrected chi connectivity index (χ3v) is 9.11. The first-order valence-corrected chi connectivity index (χ1v) is 11.4. The predicted molar refractivity (Wildman–Crippen MR) is 112 cm³/mol. The van der Waals surface area contributed by atoms with Crippen LogP contribution in [0.4, 0.5) is 0 Å². The van der Waals surface area contributed by atoms with Gasteiger partial charge >= 0.3 is 0 Å². The molecule has 4 rings (SSSR count). The highest BCUT2D eigenvalue weighted by Crippen LogP contribution is 2.68. The van der Waals surface area contributed by atoms with E-state index in [1.54, 1.807) is 6.08 Å². The number of carbonyl (C=O) groups is 2. The highest BCUT2D eigenvalue weighted by Gasteiger charge is 2.68. The second-order valence-corrected chi connectivity index (χ2v) is 10.7. The molecule has 4 nitrogen and oxygen atoms in total. The summed E-state index contributed by atoms with van der Waals surface area (Å²) >= 11 is 0. The van der Waals surface area contributed by atoms with Crippen molar-refractivity contribution in [2.45, 2.75) is 78.4 Å². The summed E-state index contributed by atoms with van der Waals surface area (Å²) in [6, 6.07) is 0. The highest BCUT2D eigenvalue weighted by atomic mass is 16.5. The lowest BCUT2D eigenvalue weighted by Crippen LogP contribution is -2.59. The number of aliphatic hydroxyl groups is 1. The molecule has 0 aromatic carbocycles. The van der Waals surface area contributed by atoms with Gasteiger partial charge in [-0.15, -0.1) is 0 Å². The number of fused-ring (bicyclic) bond motifs is 5. The fourth-order valence-electron chi connectivity index (χ4n) is 7.49. The van der Waals surface area contributed by atoms with Crippen molar-refractivity contribution in [2.24, 2.45) is 34.5 Å². The molecular formula is C25H36O4. The average Bonchev–Trinajstić information content (AvgIpc) is 2.88. The van der Waals surface area contributed by atoms with Crippen LogP contribution in [-0.4, -0.2) is 35.0 Å². The van der Waals surface area contributed by atoms with Crippen LogP contribution in [0.1, 0.15) is 66.7 Å². The Bertz CT molecular complexity index is 780. The number of allylic oxidation sites excluding steroid dienone is 4. The van der Waals surface area contributed by atoms with Gasteiger partial charge in [0.2, 0.25) is 0 Å². The smallest absolute Gasteiger partial charge is 0.190 e. The van der Waals surface area contributed by atoms with E-state index in [9.17, 15) is 14.7 Å². The Kier molecular flexibility index (Phi) is 4.98. The number of hydrogen-bond acceptors (Lipinski definition) is 4. The van der Waals surface area contributed by atoms with E-state index in [4.69, 9.17) is 4.74 Å². The minimum absolute atomic E-state index is 0.00956. The molecule has 4 aliphatic rings. The van der Waals surface area contributed by atoms with Crippen LogP contribution in [0.2, 0.25) is 0 Å². The number of carbonyl (C=O) groups excluding carboxylic acids is 2. The van der Waals surface area contributed by atoms with Crippen molar-refractivity contribution in [1.82, 2.24) is 0 Å². The van der Waals surface area contributed by atoms with Gasteiger partial charge in [0.25, 0.3) is 0 Å². The van der Waals surface area contributed by atoms with E-state index >= 15 is 0 Å². The van der Waals surface area contributed by atoms with E-state index in [1.165, 1.54) is 5.57 Å². The van der Waals surface area contributed by atoms with Crippen LogP contribution >= 0.6 is 0 Å². The fraction of sp³-hybridized carbons (Fsp3) is 0.760. The Balaban J connectivity index is 1.65. The first kappa shape index (κ1) is 21.0. The fourth-order valence-corrected chi connectivity index (χ4v) is 7.49. The summed E-state index contributed by atoms with van der Waals surface area (Å²) in [6.07, 6.45) is 10.4. The minimum Gasteiger partial charge on any atom is -0.381 e. The molecule has 0 radical (unpaired) electrons. The van der Waals surface area contributed by atoms with Gasteiger partial charge in [0.1, 0.15) is 12.2 Å². The Morgan fingerprint density at radius 3 is 2.69 bits per heavy atom. The second-order valence-electron chi connectivity index (χ2n) is 10.7. The van der Waals surface area contributed by atoms with Gasteiger partial charge in [-0.05, 0) is 81.8 Å². The molecule has 3 saturated carbocycles. The van der Waals surface area contributed by atoms with Gasteiger partial charge in [-0.1, -0.05) is 32.4 Å². The van der Waals surface area contributed by atoms with Crippen LogP contribution in [0, 0.1) is 34.5 Å². The van der Waals surface area contributed by atoms with E-state index in [2.05, 4.69) is 19.9 Å². The molecule has 3 fully saturated rings. The number of Topliss-reactive ketones (excluding diaryl/α,β-unsaturated/α-hetero) is 1. The minimum atomic E-state index is -1.31. The number of ketones is 2. The quantitative estimate of drug-likeness (QED) is 0.766.